The Kier molecular flexibility index (Phi) is 5.51. The zero-order valence-electron chi connectivity index (χ0n) is 13.1. The van der Waals surface area contributed by atoms with E-state index in [2.05, 4.69) is 35.4 Å². The zero-order valence-corrected chi connectivity index (χ0v) is 13.1. The van der Waals surface area contributed by atoms with Crippen molar-refractivity contribution in [3.63, 3.8) is 0 Å². The van der Waals surface area contributed by atoms with E-state index in [0.29, 0.717) is 17.3 Å². The lowest BCUT2D eigenvalue weighted by Crippen LogP contribution is -2.31. The van der Waals surface area contributed by atoms with Crippen LogP contribution in [0.3, 0.4) is 0 Å². The lowest BCUT2D eigenvalue weighted by atomic mass is 9.92. The van der Waals surface area contributed by atoms with Crippen LogP contribution in [0.1, 0.15) is 50.4 Å². The number of hydrogen-bond acceptors (Lipinski definition) is 5. The van der Waals surface area contributed by atoms with E-state index in [4.69, 9.17) is 4.74 Å². The number of ether oxygens (including phenoxy) is 1. The summed E-state index contributed by atoms with van der Waals surface area (Å²) in [5.41, 5.74) is 2.61. The first kappa shape index (κ1) is 15.7. The van der Waals surface area contributed by atoms with Gasteiger partial charge in [-0.25, -0.2) is 0 Å². The Labute approximate surface area is 126 Å². The molecule has 0 radical (unpaired) electrons. The minimum atomic E-state index is 0.271. The summed E-state index contributed by atoms with van der Waals surface area (Å²) >= 11 is 0. The Morgan fingerprint density at radius 3 is 2.57 bits per heavy atom. The summed E-state index contributed by atoms with van der Waals surface area (Å²) in [5, 5.41) is 21.4. The van der Waals surface area contributed by atoms with Gasteiger partial charge in [-0.3, -0.25) is 0 Å². The zero-order chi connectivity index (χ0) is 15.2. The summed E-state index contributed by atoms with van der Waals surface area (Å²) in [6, 6.07) is 2.58. The summed E-state index contributed by atoms with van der Waals surface area (Å²) in [5.74, 6) is 1.19. The second kappa shape index (κ2) is 7.37. The standard InChI is InChI=1S/C16H24N4O/c1-4-13-14(10-17)16(20-19-15(13)5-2)18-11(3)12-6-8-21-9-7-12/h11-12H,4-9H2,1-3H3,(H,18,20). The highest BCUT2D eigenvalue weighted by molar-refractivity contribution is 5.56. The fourth-order valence-corrected chi connectivity index (χ4v) is 2.94. The summed E-state index contributed by atoms with van der Waals surface area (Å²) in [6.45, 7) is 7.90. The van der Waals surface area contributed by atoms with Crippen molar-refractivity contribution >= 4 is 5.82 Å². The molecular weight excluding hydrogens is 264 g/mol. The second-order valence-electron chi connectivity index (χ2n) is 5.55. The topological polar surface area (TPSA) is 70.8 Å². The third-order valence-corrected chi connectivity index (χ3v) is 4.30. The number of aryl methyl sites for hydroxylation is 1. The molecule has 114 valence electrons. The van der Waals surface area contributed by atoms with Crippen LogP contribution in [-0.2, 0) is 17.6 Å². The number of hydrogen-bond donors (Lipinski definition) is 1. The van der Waals surface area contributed by atoms with Gasteiger partial charge in [-0.05, 0) is 44.1 Å². The van der Waals surface area contributed by atoms with Gasteiger partial charge in [0.1, 0.15) is 11.6 Å². The Bertz CT molecular complexity index is 518. The van der Waals surface area contributed by atoms with Crippen molar-refractivity contribution in [1.82, 2.24) is 10.2 Å². The molecule has 1 atom stereocenters. The van der Waals surface area contributed by atoms with Crippen LogP contribution in [0.25, 0.3) is 0 Å². The van der Waals surface area contributed by atoms with Crippen molar-refractivity contribution in [1.29, 1.82) is 5.26 Å². The molecule has 5 nitrogen and oxygen atoms in total. The number of aromatic nitrogens is 2. The van der Waals surface area contributed by atoms with Gasteiger partial charge in [0.2, 0.25) is 0 Å². The largest absolute Gasteiger partial charge is 0.381 e. The molecule has 1 aromatic rings. The fraction of sp³-hybridized carbons (Fsp3) is 0.688. The third kappa shape index (κ3) is 3.51. The SMILES string of the molecule is CCc1nnc(NC(C)C2CCOCC2)c(C#N)c1CC. The Balaban J connectivity index is 2.21. The van der Waals surface area contributed by atoms with Crippen LogP contribution in [0.4, 0.5) is 5.82 Å². The predicted molar refractivity (Wildman–Crippen MR) is 82.1 cm³/mol. The molecular formula is C16H24N4O. The van der Waals surface area contributed by atoms with Crippen molar-refractivity contribution in [2.75, 3.05) is 18.5 Å². The van der Waals surface area contributed by atoms with Crippen molar-refractivity contribution < 1.29 is 4.74 Å². The van der Waals surface area contributed by atoms with Crippen LogP contribution in [-0.4, -0.2) is 29.5 Å². The lowest BCUT2D eigenvalue weighted by Gasteiger charge is -2.29. The van der Waals surface area contributed by atoms with Gasteiger partial charge in [-0.1, -0.05) is 13.8 Å². The quantitative estimate of drug-likeness (QED) is 0.902. The fourth-order valence-electron chi connectivity index (χ4n) is 2.94. The predicted octanol–water partition coefficient (Wildman–Crippen LogP) is 2.70. The van der Waals surface area contributed by atoms with Gasteiger partial charge < -0.3 is 10.1 Å². The molecule has 0 aliphatic carbocycles. The average Bonchev–Trinajstić information content (AvgIpc) is 2.54. The van der Waals surface area contributed by atoms with Gasteiger partial charge in [-0.2, -0.15) is 10.4 Å². The molecule has 1 aromatic heterocycles. The number of rotatable bonds is 5. The van der Waals surface area contributed by atoms with E-state index in [9.17, 15) is 5.26 Å². The maximum Gasteiger partial charge on any atom is 0.167 e. The van der Waals surface area contributed by atoms with Crippen LogP contribution >= 0.6 is 0 Å². The highest BCUT2D eigenvalue weighted by Gasteiger charge is 2.23. The molecule has 1 aliphatic rings. The molecule has 2 rings (SSSR count). The highest BCUT2D eigenvalue weighted by atomic mass is 16.5. The second-order valence-corrected chi connectivity index (χ2v) is 5.55. The van der Waals surface area contributed by atoms with Crippen molar-refractivity contribution in [2.45, 2.75) is 52.5 Å². The first-order valence-corrected chi connectivity index (χ1v) is 7.84. The molecule has 0 saturated carbocycles. The van der Waals surface area contributed by atoms with Gasteiger partial charge in [0, 0.05) is 19.3 Å². The van der Waals surface area contributed by atoms with Crippen LogP contribution in [0.5, 0.6) is 0 Å². The van der Waals surface area contributed by atoms with Crippen molar-refractivity contribution in [3.8, 4) is 6.07 Å². The third-order valence-electron chi connectivity index (χ3n) is 4.30. The molecule has 0 aromatic carbocycles. The molecule has 0 amide bonds. The van der Waals surface area contributed by atoms with Crippen LogP contribution in [0.2, 0.25) is 0 Å². The molecule has 2 heterocycles. The molecule has 0 bridgehead atoms. The molecule has 5 heteroatoms. The molecule has 1 fully saturated rings. The minimum absolute atomic E-state index is 0.271. The lowest BCUT2D eigenvalue weighted by molar-refractivity contribution is 0.0622. The summed E-state index contributed by atoms with van der Waals surface area (Å²) in [6.07, 6.45) is 3.72. The van der Waals surface area contributed by atoms with Gasteiger partial charge >= 0.3 is 0 Å². The molecule has 21 heavy (non-hydrogen) atoms. The van der Waals surface area contributed by atoms with Crippen LogP contribution in [0.15, 0.2) is 0 Å². The van der Waals surface area contributed by atoms with Gasteiger partial charge in [0.25, 0.3) is 0 Å². The van der Waals surface area contributed by atoms with E-state index >= 15 is 0 Å². The number of nitriles is 1. The van der Waals surface area contributed by atoms with E-state index in [0.717, 1.165) is 50.2 Å². The van der Waals surface area contributed by atoms with Crippen LogP contribution < -0.4 is 5.32 Å². The highest BCUT2D eigenvalue weighted by Crippen LogP contribution is 2.24. The summed E-state index contributed by atoms with van der Waals surface area (Å²) < 4.78 is 5.40. The summed E-state index contributed by atoms with van der Waals surface area (Å²) in [4.78, 5) is 0. The van der Waals surface area contributed by atoms with Crippen molar-refractivity contribution in [2.24, 2.45) is 5.92 Å². The Hall–Kier alpha value is -1.67. The molecule has 1 aliphatic heterocycles. The molecule has 1 N–H and O–H groups in total. The first-order chi connectivity index (χ1) is 10.2. The molecule has 1 saturated heterocycles. The van der Waals surface area contributed by atoms with E-state index in [-0.39, 0.29) is 6.04 Å². The van der Waals surface area contributed by atoms with Crippen molar-refractivity contribution in [3.05, 3.63) is 16.8 Å². The maximum atomic E-state index is 9.50. The Morgan fingerprint density at radius 1 is 1.29 bits per heavy atom. The van der Waals surface area contributed by atoms with E-state index in [1.54, 1.807) is 0 Å². The number of anilines is 1. The molecule has 1 unspecified atom stereocenters. The average molecular weight is 288 g/mol. The number of nitrogens with zero attached hydrogens (tertiary/aromatic N) is 3. The summed E-state index contributed by atoms with van der Waals surface area (Å²) in [7, 11) is 0. The van der Waals surface area contributed by atoms with E-state index in [1.807, 2.05) is 6.92 Å². The van der Waals surface area contributed by atoms with E-state index in [1.165, 1.54) is 0 Å². The minimum Gasteiger partial charge on any atom is -0.381 e. The number of nitrogens with one attached hydrogen (secondary N) is 1. The van der Waals surface area contributed by atoms with E-state index < -0.39 is 0 Å². The first-order valence-electron chi connectivity index (χ1n) is 7.84. The van der Waals surface area contributed by atoms with Crippen LogP contribution in [0, 0.1) is 17.2 Å². The normalized spacial score (nSPS) is 17.2. The Morgan fingerprint density at radius 2 is 2.00 bits per heavy atom. The molecule has 0 spiro atoms. The van der Waals surface area contributed by atoms with Gasteiger partial charge in [-0.15, -0.1) is 5.10 Å². The smallest absolute Gasteiger partial charge is 0.167 e. The monoisotopic (exact) mass is 288 g/mol. The van der Waals surface area contributed by atoms with Gasteiger partial charge in [0.15, 0.2) is 5.82 Å². The maximum absolute atomic E-state index is 9.50. The van der Waals surface area contributed by atoms with Gasteiger partial charge in [0.05, 0.1) is 5.69 Å².